The Morgan fingerprint density at radius 2 is 1.80 bits per heavy atom. The first-order valence-electron chi connectivity index (χ1n) is 4.23. The van der Waals surface area contributed by atoms with Gasteiger partial charge in [-0.05, 0) is 48.7 Å². The molecule has 0 spiro atoms. The predicted molar refractivity (Wildman–Crippen MR) is 57.5 cm³/mol. The Bertz CT molecular complexity index is 448. The van der Waals surface area contributed by atoms with Gasteiger partial charge >= 0.3 is 0 Å². The zero-order valence-corrected chi connectivity index (χ0v) is 9.05. The van der Waals surface area contributed by atoms with E-state index in [4.69, 9.17) is 11.6 Å². The lowest BCUT2D eigenvalue weighted by molar-refractivity contribution is -0.106. The van der Waals surface area contributed by atoms with E-state index >= 15 is 0 Å². The molecule has 0 aliphatic heterocycles. The highest BCUT2D eigenvalue weighted by molar-refractivity contribution is 6.75. The largest absolute Gasteiger partial charge is 0.508 e. The first-order chi connectivity index (χ1) is 6.97. The van der Waals surface area contributed by atoms with Crippen LogP contribution in [0.2, 0.25) is 0 Å². The van der Waals surface area contributed by atoms with Crippen LogP contribution in [0.1, 0.15) is 16.7 Å². The molecule has 0 aliphatic rings. The normalized spacial score (nSPS) is 9.53. The molecule has 1 aromatic carbocycles. The SMILES string of the molecule is Cc1cc(O)cc(C)c1C(=C=O)C(=O)Cl. The number of aryl methyl sites for hydroxylation is 2. The number of aromatic hydroxyl groups is 1. The number of halogens is 1. The van der Waals surface area contributed by atoms with E-state index in [1.165, 1.54) is 18.1 Å². The summed E-state index contributed by atoms with van der Waals surface area (Å²) in [5.74, 6) is 1.61. The van der Waals surface area contributed by atoms with E-state index in [0.717, 1.165) is 0 Å². The lowest BCUT2D eigenvalue weighted by atomic mass is 9.97. The fraction of sp³-hybridized carbons (Fsp3) is 0.182. The zero-order valence-electron chi connectivity index (χ0n) is 8.30. The maximum atomic E-state index is 11.0. The number of carbonyl (C=O) groups excluding carboxylic acids is 2. The smallest absolute Gasteiger partial charge is 0.264 e. The minimum absolute atomic E-state index is 0.0843. The molecule has 1 N–H and O–H groups in total. The first kappa shape index (κ1) is 11.5. The third-order valence-electron chi connectivity index (χ3n) is 2.07. The fourth-order valence-electron chi connectivity index (χ4n) is 1.52. The van der Waals surface area contributed by atoms with E-state index in [1.54, 1.807) is 13.8 Å². The van der Waals surface area contributed by atoms with Crippen molar-refractivity contribution in [1.29, 1.82) is 0 Å². The topological polar surface area (TPSA) is 54.4 Å². The standard InChI is InChI=1S/C11H9ClO3/c1-6-3-8(14)4-7(2)10(6)9(5-13)11(12)15/h3-4,14H,1-2H3. The van der Waals surface area contributed by atoms with Crippen LogP contribution in [0.15, 0.2) is 12.1 Å². The molecule has 0 radical (unpaired) electrons. The van der Waals surface area contributed by atoms with Gasteiger partial charge in [-0.1, -0.05) is 0 Å². The van der Waals surface area contributed by atoms with Gasteiger partial charge in [-0.15, -0.1) is 0 Å². The van der Waals surface area contributed by atoms with E-state index in [1.807, 2.05) is 0 Å². The van der Waals surface area contributed by atoms with Gasteiger partial charge in [0.1, 0.15) is 17.3 Å². The molecule has 0 bridgehead atoms. The van der Waals surface area contributed by atoms with Crippen LogP contribution in [-0.2, 0) is 9.59 Å². The summed E-state index contributed by atoms with van der Waals surface area (Å²) in [5.41, 5.74) is 1.45. The van der Waals surface area contributed by atoms with Gasteiger partial charge in [-0.2, -0.15) is 0 Å². The zero-order chi connectivity index (χ0) is 11.6. The molecule has 0 unspecified atom stereocenters. The highest BCUT2D eigenvalue weighted by Gasteiger charge is 2.16. The van der Waals surface area contributed by atoms with Crippen LogP contribution in [0.5, 0.6) is 5.75 Å². The quantitative estimate of drug-likeness (QED) is 0.475. The van der Waals surface area contributed by atoms with Crippen LogP contribution < -0.4 is 0 Å². The van der Waals surface area contributed by atoms with Crippen molar-refractivity contribution < 1.29 is 14.7 Å². The summed E-state index contributed by atoms with van der Waals surface area (Å²) < 4.78 is 0. The fourth-order valence-corrected chi connectivity index (χ4v) is 1.66. The summed E-state index contributed by atoms with van der Waals surface area (Å²) in [4.78, 5) is 21.6. The van der Waals surface area contributed by atoms with E-state index in [-0.39, 0.29) is 11.3 Å². The number of rotatable bonds is 2. The predicted octanol–water partition coefficient (Wildman–Crippen LogP) is 1.99. The van der Waals surface area contributed by atoms with Crippen molar-refractivity contribution >= 4 is 28.4 Å². The van der Waals surface area contributed by atoms with Crippen LogP contribution in [0.25, 0.3) is 5.57 Å². The van der Waals surface area contributed by atoms with Crippen LogP contribution in [-0.4, -0.2) is 16.3 Å². The average Bonchev–Trinajstić information content (AvgIpc) is 2.09. The number of hydrogen-bond donors (Lipinski definition) is 1. The van der Waals surface area contributed by atoms with Gasteiger partial charge in [0.15, 0.2) is 0 Å². The third kappa shape index (κ3) is 2.27. The molecule has 0 saturated heterocycles. The Morgan fingerprint density at radius 1 is 1.33 bits per heavy atom. The van der Waals surface area contributed by atoms with Crippen LogP contribution in [0.4, 0.5) is 0 Å². The van der Waals surface area contributed by atoms with Crippen LogP contribution >= 0.6 is 11.6 Å². The van der Waals surface area contributed by atoms with E-state index < -0.39 is 5.24 Å². The Hall–Kier alpha value is -1.57. The summed E-state index contributed by atoms with van der Waals surface area (Å²) in [6.07, 6.45) is 0. The maximum Gasteiger partial charge on any atom is 0.264 e. The van der Waals surface area contributed by atoms with Crippen molar-refractivity contribution in [2.24, 2.45) is 0 Å². The van der Waals surface area contributed by atoms with Gasteiger partial charge < -0.3 is 5.11 Å². The molecule has 0 aliphatic carbocycles. The number of allylic oxidation sites excluding steroid dienone is 1. The summed E-state index contributed by atoms with van der Waals surface area (Å²) in [6, 6.07) is 2.92. The van der Waals surface area contributed by atoms with Crippen molar-refractivity contribution in [3.8, 4) is 5.75 Å². The highest BCUT2D eigenvalue weighted by atomic mass is 35.5. The van der Waals surface area contributed by atoms with Crippen molar-refractivity contribution in [1.82, 2.24) is 0 Å². The van der Waals surface area contributed by atoms with Gasteiger partial charge in [-0.3, -0.25) is 4.79 Å². The number of benzene rings is 1. The minimum Gasteiger partial charge on any atom is -0.508 e. The molecule has 0 saturated carbocycles. The lowest BCUT2D eigenvalue weighted by Gasteiger charge is -2.08. The van der Waals surface area contributed by atoms with Crippen molar-refractivity contribution in [3.05, 3.63) is 28.8 Å². The van der Waals surface area contributed by atoms with Gasteiger partial charge in [0.2, 0.25) is 0 Å². The Morgan fingerprint density at radius 3 is 2.13 bits per heavy atom. The molecule has 1 aromatic rings. The molecule has 0 heterocycles. The molecular formula is C11H9ClO3. The molecular weight excluding hydrogens is 216 g/mol. The minimum atomic E-state index is -0.845. The summed E-state index contributed by atoms with van der Waals surface area (Å²) in [5, 5.41) is 8.44. The van der Waals surface area contributed by atoms with E-state index in [2.05, 4.69) is 0 Å². The molecule has 4 heteroatoms. The molecule has 0 atom stereocenters. The summed E-state index contributed by atoms with van der Waals surface area (Å²) in [7, 11) is 0. The molecule has 15 heavy (non-hydrogen) atoms. The lowest BCUT2D eigenvalue weighted by Crippen LogP contribution is -1.99. The number of carbonyl (C=O) groups is 1. The van der Waals surface area contributed by atoms with Crippen molar-refractivity contribution in [2.75, 3.05) is 0 Å². The Labute approximate surface area is 92.0 Å². The highest BCUT2D eigenvalue weighted by Crippen LogP contribution is 2.26. The Kier molecular flexibility index (Phi) is 3.30. The second-order valence-corrected chi connectivity index (χ2v) is 3.55. The Balaban J connectivity index is 3.50. The van der Waals surface area contributed by atoms with Crippen LogP contribution in [0.3, 0.4) is 0 Å². The molecule has 0 fully saturated rings. The average molecular weight is 225 g/mol. The molecule has 3 nitrogen and oxygen atoms in total. The number of phenols is 1. The monoisotopic (exact) mass is 224 g/mol. The third-order valence-corrected chi connectivity index (χ3v) is 2.26. The van der Waals surface area contributed by atoms with Crippen molar-refractivity contribution in [2.45, 2.75) is 13.8 Å². The van der Waals surface area contributed by atoms with E-state index in [9.17, 15) is 14.7 Å². The molecule has 1 rings (SSSR count). The number of phenolic OH excluding ortho intramolecular Hbond substituents is 1. The van der Waals surface area contributed by atoms with Gasteiger partial charge in [-0.25, -0.2) is 4.79 Å². The number of hydrogen-bond acceptors (Lipinski definition) is 3. The van der Waals surface area contributed by atoms with Gasteiger partial charge in [0.25, 0.3) is 5.24 Å². The maximum absolute atomic E-state index is 11.0. The van der Waals surface area contributed by atoms with Gasteiger partial charge in [0, 0.05) is 5.56 Å². The second-order valence-electron chi connectivity index (χ2n) is 3.21. The molecule has 78 valence electrons. The molecule has 0 amide bonds. The first-order valence-corrected chi connectivity index (χ1v) is 4.60. The molecule has 0 aromatic heterocycles. The van der Waals surface area contributed by atoms with Crippen LogP contribution in [0, 0.1) is 13.8 Å². The van der Waals surface area contributed by atoms with E-state index in [0.29, 0.717) is 16.7 Å². The van der Waals surface area contributed by atoms with Gasteiger partial charge in [0.05, 0.1) is 0 Å². The summed E-state index contributed by atoms with van der Waals surface area (Å²) >= 11 is 5.26. The second kappa shape index (κ2) is 4.30. The van der Waals surface area contributed by atoms with Crippen molar-refractivity contribution in [3.63, 3.8) is 0 Å². The summed E-state index contributed by atoms with van der Waals surface area (Å²) in [6.45, 7) is 3.36.